The Bertz CT molecular complexity index is 921. The molecule has 0 aliphatic carbocycles. The summed E-state index contributed by atoms with van der Waals surface area (Å²) in [6, 6.07) is 6.76. The van der Waals surface area contributed by atoms with E-state index < -0.39 is 9.84 Å². The van der Waals surface area contributed by atoms with Crippen LogP contribution in [0.2, 0.25) is 0 Å². The summed E-state index contributed by atoms with van der Waals surface area (Å²) in [5.41, 5.74) is 7.02. The van der Waals surface area contributed by atoms with Crippen LogP contribution in [0.1, 0.15) is 25.3 Å². The third-order valence-corrected chi connectivity index (χ3v) is 6.45. The lowest BCUT2D eigenvalue weighted by molar-refractivity contribution is -0.118. The molecule has 0 bridgehead atoms. The summed E-state index contributed by atoms with van der Waals surface area (Å²) in [5.74, 6) is 0.604. The normalized spacial score (nSPS) is 15.2. The molecule has 1 aliphatic heterocycles. The van der Waals surface area contributed by atoms with Gasteiger partial charge in [-0.3, -0.25) is 4.79 Å². The van der Waals surface area contributed by atoms with E-state index in [1.165, 1.54) is 6.20 Å². The Hall–Kier alpha value is -2.68. The smallest absolute Gasteiger partial charge is 0.227 e. The molecule has 0 atom stereocenters. The Morgan fingerprint density at radius 3 is 2.26 bits per heavy atom. The minimum Gasteiger partial charge on any atom is -0.382 e. The number of nitrogen functional groups attached to an aromatic ring is 1. The number of carbonyl (C=O) groups is 1. The molecule has 2 N–H and O–H groups in total. The van der Waals surface area contributed by atoms with E-state index in [0.717, 1.165) is 12.0 Å². The first-order valence-electron chi connectivity index (χ1n) is 8.75. The maximum absolute atomic E-state index is 12.9. The summed E-state index contributed by atoms with van der Waals surface area (Å²) in [6.07, 6.45) is 2.07. The lowest BCUT2D eigenvalue weighted by Gasteiger charge is -2.32. The van der Waals surface area contributed by atoms with E-state index in [9.17, 15) is 13.2 Å². The van der Waals surface area contributed by atoms with Crippen LogP contribution in [0.4, 0.5) is 11.8 Å². The molecule has 144 valence electrons. The van der Waals surface area contributed by atoms with Crippen molar-refractivity contribution in [2.24, 2.45) is 0 Å². The number of hydrogen-bond acceptors (Lipinski definition) is 7. The Morgan fingerprint density at radius 2 is 1.74 bits per heavy atom. The molecular weight excluding hydrogens is 366 g/mol. The van der Waals surface area contributed by atoms with Crippen LogP contribution in [-0.4, -0.2) is 55.9 Å². The molecule has 1 aromatic heterocycles. The zero-order valence-electron chi connectivity index (χ0n) is 15.4. The zero-order valence-corrected chi connectivity index (χ0v) is 16.2. The average Bonchev–Trinajstić information content (AvgIpc) is 2.67. The first-order chi connectivity index (χ1) is 12.8. The van der Waals surface area contributed by atoms with Gasteiger partial charge in [-0.25, -0.2) is 13.4 Å². The molecule has 9 heteroatoms. The van der Waals surface area contributed by atoms with Crippen molar-refractivity contribution in [3.8, 4) is 0 Å². The number of rotatable bonds is 5. The maximum atomic E-state index is 12.9. The highest BCUT2D eigenvalue weighted by molar-refractivity contribution is 7.91. The third kappa shape index (κ3) is 3.87. The molecule has 0 radical (unpaired) electrons. The number of carbonyl (C=O) groups excluding carboxylic acids is 1. The van der Waals surface area contributed by atoms with Gasteiger partial charge < -0.3 is 15.5 Å². The van der Waals surface area contributed by atoms with Gasteiger partial charge in [-0.05, 0) is 23.6 Å². The summed E-state index contributed by atoms with van der Waals surface area (Å²) >= 11 is 0. The fraction of sp³-hybridized carbons (Fsp3) is 0.389. The van der Waals surface area contributed by atoms with Crippen molar-refractivity contribution in [3.05, 3.63) is 36.0 Å². The van der Waals surface area contributed by atoms with Gasteiger partial charge in [-0.2, -0.15) is 4.98 Å². The van der Waals surface area contributed by atoms with Crippen molar-refractivity contribution >= 4 is 28.0 Å². The Labute approximate surface area is 158 Å². The fourth-order valence-corrected chi connectivity index (χ4v) is 4.18. The molecule has 1 aromatic carbocycles. The van der Waals surface area contributed by atoms with E-state index >= 15 is 0 Å². The largest absolute Gasteiger partial charge is 0.382 e. The number of sulfone groups is 1. The highest BCUT2D eigenvalue weighted by Crippen LogP contribution is 2.27. The van der Waals surface area contributed by atoms with Crippen LogP contribution in [0.25, 0.3) is 0 Å². The molecule has 0 saturated carbocycles. The lowest BCUT2D eigenvalue weighted by atomic mass is 10.0. The Morgan fingerprint density at radius 1 is 1.11 bits per heavy atom. The van der Waals surface area contributed by atoms with Crippen molar-refractivity contribution < 1.29 is 13.2 Å². The number of nitrogens with two attached hydrogens (primary N) is 1. The summed E-state index contributed by atoms with van der Waals surface area (Å²) in [4.78, 5) is 22.8. The molecule has 1 amide bonds. The third-order valence-electron chi connectivity index (χ3n) is 4.66. The second-order valence-electron chi connectivity index (χ2n) is 6.78. The predicted molar refractivity (Wildman–Crippen MR) is 102 cm³/mol. The number of aromatic nitrogens is 2. The van der Waals surface area contributed by atoms with Crippen LogP contribution >= 0.6 is 0 Å². The van der Waals surface area contributed by atoms with Crippen molar-refractivity contribution in [3.63, 3.8) is 0 Å². The SMILES string of the molecule is CC(C)c1ccc(S(=O)(=O)c2cnc(N3CCN(C=O)CC3)nc2N)cc1. The zero-order chi connectivity index (χ0) is 19.6. The van der Waals surface area contributed by atoms with Gasteiger partial charge in [0.1, 0.15) is 10.7 Å². The topological polar surface area (TPSA) is 109 Å². The molecule has 1 aliphatic rings. The number of benzene rings is 1. The van der Waals surface area contributed by atoms with Gasteiger partial charge in [0.05, 0.1) is 11.1 Å². The van der Waals surface area contributed by atoms with Crippen LogP contribution in [0.15, 0.2) is 40.3 Å². The van der Waals surface area contributed by atoms with Crippen LogP contribution < -0.4 is 10.6 Å². The number of anilines is 2. The number of nitrogens with zero attached hydrogens (tertiary/aromatic N) is 4. The highest BCUT2D eigenvalue weighted by atomic mass is 32.2. The first-order valence-corrected chi connectivity index (χ1v) is 10.2. The van der Waals surface area contributed by atoms with Crippen LogP contribution in [0.5, 0.6) is 0 Å². The minimum absolute atomic E-state index is 0.0780. The fourth-order valence-electron chi connectivity index (χ4n) is 2.92. The lowest BCUT2D eigenvalue weighted by Crippen LogP contribution is -2.46. The summed E-state index contributed by atoms with van der Waals surface area (Å²) in [6.45, 7) is 6.36. The van der Waals surface area contributed by atoms with Crippen LogP contribution in [0.3, 0.4) is 0 Å². The van der Waals surface area contributed by atoms with Gasteiger partial charge in [0.25, 0.3) is 0 Å². The van der Waals surface area contributed by atoms with E-state index in [1.807, 2.05) is 18.7 Å². The molecule has 2 heterocycles. The van der Waals surface area contributed by atoms with Crippen molar-refractivity contribution in [2.45, 2.75) is 29.6 Å². The van der Waals surface area contributed by atoms with E-state index in [2.05, 4.69) is 9.97 Å². The quantitative estimate of drug-likeness (QED) is 0.767. The monoisotopic (exact) mass is 389 g/mol. The van der Waals surface area contributed by atoms with Gasteiger partial charge in [0, 0.05) is 26.2 Å². The maximum Gasteiger partial charge on any atom is 0.227 e. The summed E-state index contributed by atoms with van der Waals surface area (Å²) < 4.78 is 25.8. The van der Waals surface area contributed by atoms with Crippen LogP contribution in [0, 0.1) is 0 Å². The second-order valence-corrected chi connectivity index (χ2v) is 8.69. The molecule has 1 saturated heterocycles. The molecule has 3 rings (SSSR count). The molecule has 27 heavy (non-hydrogen) atoms. The van der Waals surface area contributed by atoms with Gasteiger partial charge in [0.15, 0.2) is 0 Å². The second kappa shape index (κ2) is 7.51. The number of amides is 1. The highest BCUT2D eigenvalue weighted by Gasteiger charge is 2.24. The number of piperazine rings is 1. The van der Waals surface area contributed by atoms with Crippen molar-refractivity contribution in [1.82, 2.24) is 14.9 Å². The predicted octanol–water partition coefficient (Wildman–Crippen LogP) is 1.29. The van der Waals surface area contributed by atoms with Gasteiger partial charge in [-0.1, -0.05) is 26.0 Å². The molecule has 2 aromatic rings. The molecule has 8 nitrogen and oxygen atoms in total. The molecule has 1 fully saturated rings. The van der Waals surface area contributed by atoms with E-state index in [0.29, 0.717) is 38.0 Å². The van der Waals surface area contributed by atoms with Crippen molar-refractivity contribution in [1.29, 1.82) is 0 Å². The van der Waals surface area contributed by atoms with Crippen LogP contribution in [-0.2, 0) is 14.6 Å². The van der Waals surface area contributed by atoms with E-state index in [4.69, 9.17) is 5.73 Å². The standard InChI is InChI=1S/C18H23N5O3S/c1-13(2)14-3-5-15(6-4-14)27(25,26)16-11-20-18(21-17(16)19)23-9-7-22(12-24)8-10-23/h3-6,11-13H,7-10H2,1-2H3,(H2,19,20,21). The van der Waals surface area contributed by atoms with Gasteiger partial charge >= 0.3 is 0 Å². The average molecular weight is 389 g/mol. The Balaban J connectivity index is 1.85. The first kappa shape index (κ1) is 19.1. The molecular formula is C18H23N5O3S. The van der Waals surface area contributed by atoms with E-state index in [-0.39, 0.29) is 15.6 Å². The molecule has 0 unspecified atom stereocenters. The van der Waals surface area contributed by atoms with Gasteiger partial charge in [-0.15, -0.1) is 0 Å². The Kier molecular flexibility index (Phi) is 5.31. The van der Waals surface area contributed by atoms with Crippen molar-refractivity contribution in [2.75, 3.05) is 36.8 Å². The van der Waals surface area contributed by atoms with Gasteiger partial charge in [0.2, 0.25) is 22.2 Å². The van der Waals surface area contributed by atoms with E-state index in [1.54, 1.807) is 29.2 Å². The minimum atomic E-state index is -3.80. The number of hydrogen-bond donors (Lipinski definition) is 1. The molecule has 0 spiro atoms. The summed E-state index contributed by atoms with van der Waals surface area (Å²) in [5, 5.41) is 0. The summed E-state index contributed by atoms with van der Waals surface area (Å²) in [7, 11) is -3.80.